The number of ether oxygens (including phenoxy) is 1. The van der Waals surface area contributed by atoms with Gasteiger partial charge in [-0.15, -0.1) is 0 Å². The summed E-state index contributed by atoms with van der Waals surface area (Å²) in [4.78, 5) is 13.3. The smallest absolute Gasteiger partial charge is 0.225 e. The molecule has 0 aromatic heterocycles. The summed E-state index contributed by atoms with van der Waals surface area (Å²) in [5, 5.41) is 0. The van der Waals surface area contributed by atoms with Gasteiger partial charge in [0.15, 0.2) is 0 Å². The van der Waals surface area contributed by atoms with E-state index in [4.69, 9.17) is 10.5 Å². The van der Waals surface area contributed by atoms with Crippen molar-refractivity contribution in [2.24, 2.45) is 5.73 Å². The number of hydrogen-bond donors (Lipinski definition) is 1. The fraction of sp³-hybridized carbons (Fsp3) is 0.462. The van der Waals surface area contributed by atoms with Gasteiger partial charge in [0.25, 0.3) is 0 Å². The molecule has 0 saturated heterocycles. The number of hydrogen-bond acceptors (Lipinski definition) is 3. The normalized spacial score (nSPS) is 10.2. The maximum atomic E-state index is 12.9. The Morgan fingerprint density at radius 2 is 2.28 bits per heavy atom. The highest BCUT2D eigenvalue weighted by molar-refractivity contribution is 5.75. The van der Waals surface area contributed by atoms with Crippen LogP contribution in [0.4, 0.5) is 4.39 Å². The van der Waals surface area contributed by atoms with Crippen molar-refractivity contribution >= 4 is 5.91 Å². The van der Waals surface area contributed by atoms with Crippen LogP contribution in [-0.4, -0.2) is 37.6 Å². The molecule has 0 unspecified atom stereocenters. The molecule has 100 valence electrons. The van der Waals surface area contributed by atoms with Crippen LogP contribution in [0, 0.1) is 5.82 Å². The third-order valence-corrected chi connectivity index (χ3v) is 2.50. The number of halogens is 1. The predicted molar refractivity (Wildman–Crippen MR) is 67.8 cm³/mol. The van der Waals surface area contributed by atoms with Gasteiger partial charge in [0, 0.05) is 19.7 Å². The summed E-state index contributed by atoms with van der Waals surface area (Å²) in [7, 11) is 1.74. The van der Waals surface area contributed by atoms with Gasteiger partial charge in [0.05, 0.1) is 13.0 Å². The zero-order valence-corrected chi connectivity index (χ0v) is 10.6. The first kappa shape index (κ1) is 14.4. The maximum Gasteiger partial charge on any atom is 0.225 e. The van der Waals surface area contributed by atoms with E-state index < -0.39 is 0 Å². The van der Waals surface area contributed by atoms with E-state index in [1.807, 2.05) is 0 Å². The van der Waals surface area contributed by atoms with Crippen LogP contribution >= 0.6 is 0 Å². The number of carbonyl (C=O) groups is 1. The number of nitrogens with zero attached hydrogens (tertiary/aromatic N) is 1. The lowest BCUT2D eigenvalue weighted by Crippen LogP contribution is -2.30. The van der Waals surface area contributed by atoms with Crippen molar-refractivity contribution in [3.05, 3.63) is 30.1 Å². The highest BCUT2D eigenvalue weighted by Gasteiger charge is 2.08. The summed E-state index contributed by atoms with van der Waals surface area (Å²) in [6.07, 6.45) is 1.06. The molecule has 0 aliphatic carbocycles. The van der Waals surface area contributed by atoms with Crippen LogP contribution in [0.25, 0.3) is 0 Å². The van der Waals surface area contributed by atoms with E-state index in [2.05, 4.69) is 0 Å². The maximum absolute atomic E-state index is 12.9. The van der Waals surface area contributed by atoms with Crippen molar-refractivity contribution in [2.45, 2.75) is 12.8 Å². The third-order valence-electron chi connectivity index (χ3n) is 2.50. The second-order valence-corrected chi connectivity index (χ2v) is 4.01. The lowest BCUT2D eigenvalue weighted by molar-refractivity contribution is -0.130. The quantitative estimate of drug-likeness (QED) is 0.800. The molecule has 1 aromatic rings. The molecule has 2 N–H and O–H groups in total. The van der Waals surface area contributed by atoms with E-state index in [0.29, 0.717) is 18.8 Å². The molecule has 0 spiro atoms. The monoisotopic (exact) mass is 254 g/mol. The van der Waals surface area contributed by atoms with Crippen molar-refractivity contribution in [1.82, 2.24) is 4.90 Å². The van der Waals surface area contributed by atoms with Gasteiger partial charge in [0.2, 0.25) is 5.91 Å². The van der Waals surface area contributed by atoms with Crippen LogP contribution in [0.3, 0.4) is 0 Å². The molecule has 0 aliphatic heterocycles. The van der Waals surface area contributed by atoms with Gasteiger partial charge >= 0.3 is 0 Å². The Balaban J connectivity index is 2.27. The number of rotatable bonds is 7. The summed E-state index contributed by atoms with van der Waals surface area (Å²) in [6.45, 7) is 1.46. The average molecular weight is 254 g/mol. The number of benzene rings is 1. The zero-order valence-electron chi connectivity index (χ0n) is 10.6. The summed E-state index contributed by atoms with van der Waals surface area (Å²) in [5.74, 6) is 0.0890. The minimum absolute atomic E-state index is 0.000136. The van der Waals surface area contributed by atoms with Crippen LogP contribution in [0.1, 0.15) is 12.8 Å². The van der Waals surface area contributed by atoms with E-state index in [1.165, 1.54) is 12.1 Å². The number of nitrogens with two attached hydrogens (primary N) is 1. The Kier molecular flexibility index (Phi) is 6.14. The van der Waals surface area contributed by atoms with E-state index in [0.717, 1.165) is 6.42 Å². The SMILES string of the molecule is CN(CCCN)C(=O)CCOc1cccc(F)c1. The van der Waals surface area contributed by atoms with Crippen LogP contribution < -0.4 is 10.5 Å². The van der Waals surface area contributed by atoms with Crippen molar-refractivity contribution in [3.63, 3.8) is 0 Å². The summed E-state index contributed by atoms with van der Waals surface area (Å²) < 4.78 is 18.2. The molecular formula is C13H19FN2O2. The standard InChI is InChI=1S/C13H19FN2O2/c1-16(8-3-7-15)13(17)6-9-18-12-5-2-4-11(14)10-12/h2,4-5,10H,3,6-9,15H2,1H3. The minimum atomic E-state index is -0.348. The first-order valence-electron chi connectivity index (χ1n) is 5.96. The molecule has 0 heterocycles. The molecular weight excluding hydrogens is 235 g/mol. The van der Waals surface area contributed by atoms with Gasteiger partial charge < -0.3 is 15.4 Å². The average Bonchev–Trinajstić information content (AvgIpc) is 2.35. The second-order valence-electron chi connectivity index (χ2n) is 4.01. The summed E-state index contributed by atoms with van der Waals surface area (Å²) >= 11 is 0. The molecule has 18 heavy (non-hydrogen) atoms. The molecule has 0 bridgehead atoms. The molecule has 5 heteroatoms. The predicted octanol–water partition coefficient (Wildman–Crippen LogP) is 1.40. The molecule has 0 atom stereocenters. The Morgan fingerprint density at radius 1 is 1.50 bits per heavy atom. The summed E-state index contributed by atoms with van der Waals surface area (Å²) in [5.41, 5.74) is 5.37. The van der Waals surface area contributed by atoms with Gasteiger partial charge in [-0.2, -0.15) is 0 Å². The van der Waals surface area contributed by atoms with Crippen molar-refractivity contribution < 1.29 is 13.9 Å². The van der Waals surface area contributed by atoms with Crippen LogP contribution in [0.2, 0.25) is 0 Å². The first-order chi connectivity index (χ1) is 8.63. The summed E-state index contributed by atoms with van der Waals surface area (Å²) in [6, 6.07) is 5.87. The molecule has 1 rings (SSSR count). The minimum Gasteiger partial charge on any atom is -0.493 e. The first-order valence-corrected chi connectivity index (χ1v) is 5.96. The van der Waals surface area contributed by atoms with Gasteiger partial charge in [-0.05, 0) is 25.1 Å². The van der Waals surface area contributed by atoms with Gasteiger partial charge in [-0.25, -0.2) is 4.39 Å². The van der Waals surface area contributed by atoms with Gasteiger partial charge in [0.1, 0.15) is 11.6 Å². The lowest BCUT2D eigenvalue weighted by Gasteiger charge is -2.16. The van der Waals surface area contributed by atoms with Crippen molar-refractivity contribution in [2.75, 3.05) is 26.7 Å². The molecule has 1 aromatic carbocycles. The Morgan fingerprint density at radius 3 is 2.94 bits per heavy atom. The molecule has 0 fully saturated rings. The molecule has 1 amide bonds. The molecule has 0 saturated carbocycles. The number of amides is 1. The van der Waals surface area contributed by atoms with Crippen LogP contribution in [0.15, 0.2) is 24.3 Å². The second kappa shape index (κ2) is 7.66. The highest BCUT2D eigenvalue weighted by Crippen LogP contribution is 2.12. The van der Waals surface area contributed by atoms with Crippen LogP contribution in [0.5, 0.6) is 5.75 Å². The van der Waals surface area contributed by atoms with Gasteiger partial charge in [-0.3, -0.25) is 4.79 Å². The lowest BCUT2D eigenvalue weighted by atomic mass is 10.3. The van der Waals surface area contributed by atoms with Crippen molar-refractivity contribution in [3.8, 4) is 5.75 Å². The molecule has 0 aliphatic rings. The van der Waals surface area contributed by atoms with E-state index >= 15 is 0 Å². The highest BCUT2D eigenvalue weighted by atomic mass is 19.1. The Bertz CT molecular complexity index is 385. The fourth-order valence-corrected chi connectivity index (χ4v) is 1.46. The largest absolute Gasteiger partial charge is 0.493 e. The Hall–Kier alpha value is -1.62. The van der Waals surface area contributed by atoms with Gasteiger partial charge in [-0.1, -0.05) is 6.07 Å². The number of carbonyl (C=O) groups excluding carboxylic acids is 1. The van der Waals surface area contributed by atoms with E-state index in [-0.39, 0.29) is 24.8 Å². The van der Waals surface area contributed by atoms with Crippen LogP contribution in [-0.2, 0) is 4.79 Å². The fourth-order valence-electron chi connectivity index (χ4n) is 1.46. The van der Waals surface area contributed by atoms with Crippen molar-refractivity contribution in [1.29, 1.82) is 0 Å². The molecule has 0 radical (unpaired) electrons. The third kappa shape index (κ3) is 5.14. The zero-order chi connectivity index (χ0) is 13.4. The van der Waals surface area contributed by atoms with E-state index in [9.17, 15) is 9.18 Å². The topological polar surface area (TPSA) is 55.6 Å². The van der Waals surface area contributed by atoms with E-state index in [1.54, 1.807) is 24.1 Å². The Labute approximate surface area is 107 Å². The molecule has 4 nitrogen and oxygen atoms in total.